The Labute approximate surface area is 141 Å². The molecule has 0 bridgehead atoms. The summed E-state index contributed by atoms with van der Waals surface area (Å²) in [6.45, 7) is 4.27. The minimum Gasteiger partial charge on any atom is -0.391 e. The van der Waals surface area contributed by atoms with E-state index in [1.54, 1.807) is 24.0 Å². The molecule has 2 rings (SSSR count). The first-order chi connectivity index (χ1) is 10.9. The third-order valence-electron chi connectivity index (χ3n) is 3.44. The number of hydrogen-bond donors (Lipinski definition) is 2. The Bertz CT molecular complexity index is 682. The van der Waals surface area contributed by atoms with Crippen LogP contribution < -0.4 is 5.32 Å². The molecule has 1 amide bonds. The van der Waals surface area contributed by atoms with Crippen molar-refractivity contribution in [3.63, 3.8) is 0 Å². The smallest absolute Gasteiger partial charge is 0.255 e. The molecule has 2 aromatic rings. The van der Waals surface area contributed by atoms with Gasteiger partial charge in [0.25, 0.3) is 5.91 Å². The summed E-state index contributed by atoms with van der Waals surface area (Å²) in [4.78, 5) is 12.4. The van der Waals surface area contributed by atoms with Crippen molar-refractivity contribution in [3.8, 4) is 11.3 Å². The van der Waals surface area contributed by atoms with Crippen LogP contribution in [0.1, 0.15) is 30.6 Å². The Morgan fingerprint density at radius 2 is 2.09 bits per heavy atom. The van der Waals surface area contributed by atoms with Crippen LogP contribution in [0, 0.1) is 5.92 Å². The second kappa shape index (κ2) is 7.62. The molecule has 6 heteroatoms. The predicted molar refractivity (Wildman–Crippen MR) is 91.4 cm³/mol. The summed E-state index contributed by atoms with van der Waals surface area (Å²) in [5, 5.41) is 17.5. The summed E-state index contributed by atoms with van der Waals surface area (Å²) in [7, 11) is 1.75. The number of aryl methyl sites for hydroxylation is 1. The fraction of sp³-hybridized carbons (Fsp3) is 0.412. The Morgan fingerprint density at radius 3 is 2.74 bits per heavy atom. The van der Waals surface area contributed by atoms with E-state index in [0.717, 1.165) is 0 Å². The van der Waals surface area contributed by atoms with Gasteiger partial charge in [0.15, 0.2) is 0 Å². The summed E-state index contributed by atoms with van der Waals surface area (Å²) in [5.74, 6) is 0.106. The predicted octanol–water partition coefficient (Wildman–Crippen LogP) is 2.88. The Balaban J connectivity index is 2.17. The van der Waals surface area contributed by atoms with Gasteiger partial charge in [-0.2, -0.15) is 5.10 Å². The lowest BCUT2D eigenvalue weighted by molar-refractivity contribution is 0.0901. The molecular weight excluding hydrogens is 314 g/mol. The second-order valence-corrected chi connectivity index (χ2v) is 6.45. The van der Waals surface area contributed by atoms with Crippen LogP contribution in [0.15, 0.2) is 30.5 Å². The van der Waals surface area contributed by atoms with Crippen LogP contribution in [0.2, 0.25) is 5.02 Å². The minimum atomic E-state index is -0.556. The zero-order valence-corrected chi connectivity index (χ0v) is 14.3. The van der Waals surface area contributed by atoms with Crippen LogP contribution in [-0.2, 0) is 7.05 Å². The molecule has 0 saturated heterocycles. The zero-order valence-electron chi connectivity index (χ0n) is 13.6. The molecule has 0 saturated carbocycles. The first kappa shape index (κ1) is 17.5. The molecule has 23 heavy (non-hydrogen) atoms. The van der Waals surface area contributed by atoms with Crippen molar-refractivity contribution < 1.29 is 9.90 Å². The molecular formula is C17H22ClN3O2. The Kier molecular flexibility index (Phi) is 5.80. The van der Waals surface area contributed by atoms with Gasteiger partial charge in [0.2, 0.25) is 0 Å². The van der Waals surface area contributed by atoms with E-state index in [9.17, 15) is 9.90 Å². The summed E-state index contributed by atoms with van der Waals surface area (Å²) in [6.07, 6.45) is 1.74. The van der Waals surface area contributed by atoms with E-state index in [0.29, 0.717) is 34.2 Å². The van der Waals surface area contributed by atoms with Gasteiger partial charge in [0, 0.05) is 25.4 Å². The molecule has 0 aliphatic carbocycles. The van der Waals surface area contributed by atoms with Gasteiger partial charge in [-0.3, -0.25) is 9.48 Å². The third kappa shape index (κ3) is 4.56. The Morgan fingerprint density at radius 1 is 1.39 bits per heavy atom. The SMILES string of the molecule is CC(C)CC(O)CNC(=O)c1cn(C)nc1-c1ccccc1Cl. The van der Waals surface area contributed by atoms with Crippen molar-refractivity contribution in [3.05, 3.63) is 41.0 Å². The van der Waals surface area contributed by atoms with Crippen LogP contribution in [-0.4, -0.2) is 33.4 Å². The topological polar surface area (TPSA) is 67.2 Å². The first-order valence-electron chi connectivity index (χ1n) is 7.63. The fourth-order valence-electron chi connectivity index (χ4n) is 2.44. The van der Waals surface area contributed by atoms with E-state index in [-0.39, 0.29) is 12.5 Å². The number of aromatic nitrogens is 2. The van der Waals surface area contributed by atoms with Crippen LogP contribution in [0.5, 0.6) is 0 Å². The van der Waals surface area contributed by atoms with E-state index >= 15 is 0 Å². The van der Waals surface area contributed by atoms with Gasteiger partial charge in [-0.05, 0) is 18.4 Å². The largest absolute Gasteiger partial charge is 0.391 e. The highest BCUT2D eigenvalue weighted by atomic mass is 35.5. The van der Waals surface area contributed by atoms with Gasteiger partial charge >= 0.3 is 0 Å². The second-order valence-electron chi connectivity index (χ2n) is 6.04. The number of nitrogens with zero attached hydrogens (tertiary/aromatic N) is 2. The highest BCUT2D eigenvalue weighted by Gasteiger charge is 2.19. The van der Waals surface area contributed by atoms with E-state index in [1.165, 1.54) is 0 Å². The van der Waals surface area contributed by atoms with Crippen LogP contribution >= 0.6 is 11.6 Å². The first-order valence-corrected chi connectivity index (χ1v) is 8.01. The number of aliphatic hydroxyl groups excluding tert-OH is 1. The average Bonchev–Trinajstić information content (AvgIpc) is 2.86. The van der Waals surface area contributed by atoms with Crippen molar-refractivity contribution in [2.24, 2.45) is 13.0 Å². The van der Waals surface area contributed by atoms with E-state index in [1.807, 2.05) is 32.0 Å². The number of aliphatic hydroxyl groups is 1. The quantitative estimate of drug-likeness (QED) is 0.853. The van der Waals surface area contributed by atoms with E-state index in [4.69, 9.17) is 11.6 Å². The van der Waals surface area contributed by atoms with Crippen molar-refractivity contribution in [1.82, 2.24) is 15.1 Å². The summed E-state index contributed by atoms with van der Waals surface area (Å²) < 4.78 is 1.58. The lowest BCUT2D eigenvalue weighted by Crippen LogP contribution is -2.32. The number of nitrogens with one attached hydrogen (secondary N) is 1. The maximum Gasteiger partial charge on any atom is 0.255 e. The van der Waals surface area contributed by atoms with Gasteiger partial charge in [0.1, 0.15) is 5.69 Å². The number of carbonyl (C=O) groups is 1. The molecule has 0 fully saturated rings. The monoisotopic (exact) mass is 335 g/mol. The molecule has 0 aliphatic rings. The van der Waals surface area contributed by atoms with E-state index in [2.05, 4.69) is 10.4 Å². The van der Waals surface area contributed by atoms with Gasteiger partial charge in [-0.25, -0.2) is 0 Å². The van der Waals surface area contributed by atoms with E-state index < -0.39 is 6.10 Å². The molecule has 0 aliphatic heterocycles. The molecule has 1 unspecified atom stereocenters. The molecule has 1 aromatic heterocycles. The lowest BCUT2D eigenvalue weighted by Gasteiger charge is -2.13. The number of hydrogen-bond acceptors (Lipinski definition) is 3. The number of amides is 1. The third-order valence-corrected chi connectivity index (χ3v) is 3.77. The van der Waals surface area contributed by atoms with Crippen LogP contribution in [0.25, 0.3) is 11.3 Å². The van der Waals surface area contributed by atoms with Gasteiger partial charge in [-0.1, -0.05) is 43.6 Å². The maximum absolute atomic E-state index is 12.4. The summed E-state index contributed by atoms with van der Waals surface area (Å²) >= 11 is 6.21. The molecule has 1 heterocycles. The van der Waals surface area contributed by atoms with Gasteiger partial charge in [0.05, 0.1) is 16.7 Å². The van der Waals surface area contributed by atoms with Crippen LogP contribution in [0.3, 0.4) is 0 Å². The minimum absolute atomic E-state index is 0.216. The lowest BCUT2D eigenvalue weighted by atomic mass is 10.1. The molecule has 2 N–H and O–H groups in total. The maximum atomic E-state index is 12.4. The van der Waals surface area contributed by atoms with Gasteiger partial charge < -0.3 is 10.4 Å². The van der Waals surface area contributed by atoms with Crippen molar-refractivity contribution in [2.45, 2.75) is 26.4 Å². The summed E-state index contributed by atoms with van der Waals surface area (Å²) in [6, 6.07) is 7.27. The molecule has 0 radical (unpaired) electrons. The molecule has 0 spiro atoms. The highest BCUT2D eigenvalue weighted by molar-refractivity contribution is 6.33. The molecule has 5 nitrogen and oxygen atoms in total. The van der Waals surface area contributed by atoms with Crippen LogP contribution in [0.4, 0.5) is 0 Å². The number of carbonyl (C=O) groups excluding carboxylic acids is 1. The molecule has 1 atom stereocenters. The van der Waals surface area contributed by atoms with Crippen molar-refractivity contribution in [1.29, 1.82) is 0 Å². The van der Waals surface area contributed by atoms with Gasteiger partial charge in [-0.15, -0.1) is 0 Å². The highest BCUT2D eigenvalue weighted by Crippen LogP contribution is 2.28. The van der Waals surface area contributed by atoms with Crippen molar-refractivity contribution in [2.75, 3.05) is 6.54 Å². The fourth-order valence-corrected chi connectivity index (χ4v) is 2.67. The van der Waals surface area contributed by atoms with Crippen molar-refractivity contribution >= 4 is 17.5 Å². The molecule has 124 valence electrons. The number of halogens is 1. The number of benzene rings is 1. The normalized spacial score (nSPS) is 12.4. The molecule has 1 aromatic carbocycles. The Hall–Kier alpha value is -1.85. The average molecular weight is 336 g/mol. The zero-order chi connectivity index (χ0) is 17.0. The number of rotatable bonds is 6. The summed E-state index contributed by atoms with van der Waals surface area (Å²) in [5.41, 5.74) is 1.69. The standard InChI is InChI=1S/C17H22ClN3O2/c1-11(2)8-12(22)9-19-17(23)14-10-21(3)20-16(14)13-6-4-5-7-15(13)18/h4-7,10-12,22H,8-9H2,1-3H3,(H,19,23).